The van der Waals surface area contributed by atoms with E-state index in [1.165, 1.54) is 12.5 Å². The fourth-order valence-electron chi connectivity index (χ4n) is 2.65. The maximum Gasteiger partial charge on any atom is 0.303 e. The summed E-state index contributed by atoms with van der Waals surface area (Å²) in [5.41, 5.74) is 2.51. The third-order valence-electron chi connectivity index (χ3n) is 3.95. The lowest BCUT2D eigenvalue weighted by molar-refractivity contribution is -0.143. The Kier molecular flexibility index (Phi) is 6.25. The number of hydrogen-bond acceptors (Lipinski definition) is 2. The van der Waals surface area contributed by atoms with Gasteiger partial charge in [-0.3, -0.25) is 4.79 Å². The van der Waals surface area contributed by atoms with Crippen LogP contribution in [0.5, 0.6) is 0 Å². The molecule has 1 aliphatic rings. The number of halogens is 1. The second kappa shape index (κ2) is 7.26. The van der Waals surface area contributed by atoms with Crippen LogP contribution in [0.1, 0.15) is 40.5 Å². The number of ether oxygens (including phenoxy) is 1. The topological polar surface area (TPSA) is 26.3 Å². The number of rotatable bonds is 5. The van der Waals surface area contributed by atoms with E-state index >= 15 is 0 Å². The highest BCUT2D eigenvalue weighted by Gasteiger charge is 2.30. The Morgan fingerprint density at radius 1 is 1.60 bits per heavy atom. The Morgan fingerprint density at radius 3 is 2.75 bits per heavy atom. The number of allylic oxidation sites excluding steroid dienone is 4. The number of esters is 1. The molecule has 0 N–H and O–H groups in total. The van der Waals surface area contributed by atoms with Crippen LogP contribution in [0.15, 0.2) is 36.0 Å². The lowest BCUT2D eigenvalue weighted by atomic mass is 9.69. The molecule has 0 saturated carbocycles. The van der Waals surface area contributed by atoms with Gasteiger partial charge in [0.2, 0.25) is 0 Å². The Bertz CT molecular complexity index is 432. The molecule has 0 aromatic rings. The molecule has 1 rings (SSSR count). The van der Waals surface area contributed by atoms with Gasteiger partial charge in [-0.25, -0.2) is 0 Å². The van der Waals surface area contributed by atoms with Crippen LogP contribution in [-0.4, -0.2) is 17.4 Å². The summed E-state index contributed by atoms with van der Waals surface area (Å²) in [6.07, 6.45) is 8.40. The smallest absolute Gasteiger partial charge is 0.303 e. The molecule has 0 heterocycles. The Balaban J connectivity index is 2.76. The summed E-state index contributed by atoms with van der Waals surface area (Å²) in [6.45, 7) is 12.2. The van der Waals surface area contributed by atoms with Crippen LogP contribution in [-0.2, 0) is 9.53 Å². The predicted molar refractivity (Wildman–Crippen MR) is 87.9 cm³/mol. The summed E-state index contributed by atoms with van der Waals surface area (Å²) in [5.74, 6) is 0.197. The molecular weight excluding hydrogens is 316 g/mol. The second-order valence-electron chi connectivity index (χ2n) is 6.07. The van der Waals surface area contributed by atoms with Gasteiger partial charge < -0.3 is 4.74 Å². The number of carbonyl (C=O) groups excluding carboxylic acids is 1. The van der Waals surface area contributed by atoms with Gasteiger partial charge in [-0.15, -0.1) is 0 Å². The zero-order chi connectivity index (χ0) is 15.3. The van der Waals surface area contributed by atoms with Crippen LogP contribution < -0.4 is 0 Å². The van der Waals surface area contributed by atoms with Gasteiger partial charge in [0.25, 0.3) is 0 Å². The summed E-state index contributed by atoms with van der Waals surface area (Å²) in [5, 5.41) is 0.629. The van der Waals surface area contributed by atoms with E-state index in [2.05, 4.69) is 54.6 Å². The molecule has 1 aliphatic carbocycles. The van der Waals surface area contributed by atoms with Crippen molar-refractivity contribution in [3.05, 3.63) is 36.0 Å². The molecule has 20 heavy (non-hydrogen) atoms. The van der Waals surface area contributed by atoms with E-state index in [4.69, 9.17) is 4.74 Å². The van der Waals surface area contributed by atoms with E-state index in [0.29, 0.717) is 11.2 Å². The zero-order valence-corrected chi connectivity index (χ0v) is 14.5. The maximum atomic E-state index is 11.1. The molecule has 112 valence electrons. The molecule has 0 spiro atoms. The highest BCUT2D eigenvalue weighted by Crippen LogP contribution is 2.41. The number of carbonyl (C=O) groups is 1. The molecule has 0 fully saturated rings. The average molecular weight is 341 g/mol. The van der Waals surface area contributed by atoms with Crippen molar-refractivity contribution in [1.29, 1.82) is 0 Å². The largest absolute Gasteiger partial charge is 0.457 e. The Labute approximate surface area is 131 Å². The van der Waals surface area contributed by atoms with Gasteiger partial charge in [-0.05, 0) is 36.7 Å². The average Bonchev–Trinajstić information content (AvgIpc) is 2.34. The predicted octanol–water partition coefficient (Wildman–Crippen LogP) is 4.81. The lowest BCUT2D eigenvalue weighted by Crippen LogP contribution is -2.26. The Hall–Kier alpha value is -0.830. The fraction of sp³-hybridized carbons (Fsp3) is 0.588. The van der Waals surface area contributed by atoms with Gasteiger partial charge in [0, 0.05) is 12.3 Å². The molecule has 0 aromatic heterocycles. The molecule has 3 heteroatoms. The fourth-order valence-corrected chi connectivity index (χ4v) is 3.29. The van der Waals surface area contributed by atoms with Crippen molar-refractivity contribution in [3.63, 3.8) is 0 Å². The van der Waals surface area contributed by atoms with Gasteiger partial charge in [-0.1, -0.05) is 60.2 Å². The van der Waals surface area contributed by atoms with Gasteiger partial charge in [-0.2, -0.15) is 0 Å². The minimum Gasteiger partial charge on any atom is -0.457 e. The molecule has 0 amide bonds. The second-order valence-corrected chi connectivity index (χ2v) is 6.72. The van der Waals surface area contributed by atoms with Crippen molar-refractivity contribution >= 4 is 21.9 Å². The van der Waals surface area contributed by atoms with Crippen molar-refractivity contribution in [2.24, 2.45) is 11.3 Å². The molecule has 2 unspecified atom stereocenters. The number of alkyl halides is 1. The van der Waals surface area contributed by atoms with Gasteiger partial charge >= 0.3 is 5.97 Å². The number of hydrogen-bond donors (Lipinski definition) is 0. The minimum absolute atomic E-state index is 0.136. The van der Waals surface area contributed by atoms with Crippen LogP contribution in [0, 0.1) is 11.3 Å². The molecule has 0 aliphatic heterocycles. The molecule has 0 radical (unpaired) electrons. The van der Waals surface area contributed by atoms with Crippen molar-refractivity contribution in [2.75, 3.05) is 5.33 Å². The van der Waals surface area contributed by atoms with Gasteiger partial charge in [0.05, 0.1) is 0 Å². The summed E-state index contributed by atoms with van der Waals surface area (Å²) in [7, 11) is 0. The summed E-state index contributed by atoms with van der Waals surface area (Å²) in [6, 6.07) is 0. The minimum atomic E-state index is -0.243. The van der Waals surface area contributed by atoms with Gasteiger partial charge in [0.15, 0.2) is 0 Å². The first-order chi connectivity index (χ1) is 9.27. The van der Waals surface area contributed by atoms with E-state index in [-0.39, 0.29) is 17.5 Å². The monoisotopic (exact) mass is 340 g/mol. The third-order valence-corrected chi connectivity index (χ3v) is 4.54. The van der Waals surface area contributed by atoms with E-state index in [0.717, 1.165) is 18.4 Å². The molecular formula is C17H25BrO2. The normalized spacial score (nSPS) is 23.6. The van der Waals surface area contributed by atoms with Gasteiger partial charge in [0.1, 0.15) is 6.10 Å². The summed E-state index contributed by atoms with van der Waals surface area (Å²) < 4.78 is 5.29. The van der Waals surface area contributed by atoms with E-state index < -0.39 is 0 Å². The van der Waals surface area contributed by atoms with E-state index in [1.54, 1.807) is 0 Å². The highest BCUT2D eigenvalue weighted by atomic mass is 79.9. The lowest BCUT2D eigenvalue weighted by Gasteiger charge is -2.36. The maximum absolute atomic E-state index is 11.1. The molecule has 2 atom stereocenters. The highest BCUT2D eigenvalue weighted by molar-refractivity contribution is 9.09. The molecule has 0 aromatic carbocycles. The van der Waals surface area contributed by atoms with Crippen molar-refractivity contribution < 1.29 is 9.53 Å². The van der Waals surface area contributed by atoms with Crippen molar-refractivity contribution in [2.45, 2.75) is 46.6 Å². The quantitative estimate of drug-likeness (QED) is 0.408. The molecule has 0 saturated heterocycles. The standard InChI is InChI=1S/C17H25BrO2/c1-12-7-6-10-17(4,5)15(12)9-8-13(2)16(11-18)20-14(3)19/h6,8,10,15-16H,1,7,9,11H2,2-5H3. The van der Waals surface area contributed by atoms with Crippen molar-refractivity contribution in [3.8, 4) is 0 Å². The first kappa shape index (κ1) is 17.2. The van der Waals surface area contributed by atoms with E-state index in [9.17, 15) is 4.79 Å². The zero-order valence-electron chi connectivity index (χ0n) is 12.9. The Morgan fingerprint density at radius 2 is 2.25 bits per heavy atom. The van der Waals surface area contributed by atoms with Crippen LogP contribution in [0.25, 0.3) is 0 Å². The SMILES string of the molecule is C=C1CC=CC(C)(C)C1CC=C(C)C(CBr)OC(C)=O. The van der Waals surface area contributed by atoms with Crippen LogP contribution in [0.2, 0.25) is 0 Å². The van der Waals surface area contributed by atoms with Crippen LogP contribution >= 0.6 is 15.9 Å². The summed E-state index contributed by atoms with van der Waals surface area (Å²) >= 11 is 3.40. The third kappa shape index (κ3) is 4.62. The summed E-state index contributed by atoms with van der Waals surface area (Å²) in [4.78, 5) is 11.1. The first-order valence-corrected chi connectivity index (χ1v) is 8.15. The van der Waals surface area contributed by atoms with Crippen molar-refractivity contribution in [1.82, 2.24) is 0 Å². The van der Waals surface area contributed by atoms with E-state index in [1.807, 2.05) is 6.92 Å². The van der Waals surface area contributed by atoms with Crippen LogP contribution in [0.3, 0.4) is 0 Å². The van der Waals surface area contributed by atoms with Crippen LogP contribution in [0.4, 0.5) is 0 Å². The first-order valence-electron chi connectivity index (χ1n) is 7.03. The molecule has 2 nitrogen and oxygen atoms in total. The molecule has 0 bridgehead atoms.